The molecule has 0 aliphatic heterocycles. The Morgan fingerprint density at radius 1 is 0.708 bits per heavy atom. The molecule has 0 N–H and O–H groups in total. The van der Waals surface area contributed by atoms with E-state index in [4.69, 9.17) is 0 Å². The Bertz CT molecular complexity index is 1110. The van der Waals surface area contributed by atoms with Gasteiger partial charge in [0.15, 0.2) is 0 Å². The quantitative estimate of drug-likeness (QED) is 0.324. The van der Waals surface area contributed by atoms with Gasteiger partial charge < -0.3 is 4.57 Å². The molecule has 0 radical (unpaired) electrons. The van der Waals surface area contributed by atoms with Gasteiger partial charge in [-0.25, -0.2) is 0 Å². The average molecular weight is 311 g/mol. The maximum absolute atomic E-state index is 2.50. The Morgan fingerprint density at radius 3 is 2.29 bits per heavy atom. The lowest BCUT2D eigenvalue weighted by molar-refractivity contribution is 0.423. The minimum absolute atomic E-state index is 0.0493. The Morgan fingerprint density at radius 2 is 1.46 bits per heavy atom. The van der Waals surface area contributed by atoms with Gasteiger partial charge in [-0.2, -0.15) is 0 Å². The number of fused-ring (bicyclic) bond motifs is 6. The van der Waals surface area contributed by atoms with Crippen LogP contribution in [0.3, 0.4) is 0 Å². The summed E-state index contributed by atoms with van der Waals surface area (Å²) in [5, 5.41) is 2.74. The molecule has 1 aromatic heterocycles. The summed E-state index contributed by atoms with van der Waals surface area (Å²) < 4.78 is 2.50. The van der Waals surface area contributed by atoms with E-state index in [0.29, 0.717) is 0 Å². The van der Waals surface area contributed by atoms with Crippen molar-refractivity contribution in [1.29, 1.82) is 0 Å². The molecule has 1 aliphatic rings. The molecule has 3 aromatic carbocycles. The second-order valence-electron chi connectivity index (χ2n) is 7.88. The van der Waals surface area contributed by atoms with Crippen molar-refractivity contribution in [1.82, 2.24) is 4.57 Å². The molecule has 1 nitrogen and oxygen atoms in total. The maximum atomic E-state index is 2.50. The van der Waals surface area contributed by atoms with Crippen LogP contribution in [-0.4, -0.2) is 4.57 Å². The molecule has 0 fully saturated rings. The van der Waals surface area contributed by atoms with Crippen LogP contribution in [0, 0.1) is 0 Å². The zero-order chi connectivity index (χ0) is 16.5. The molecule has 0 bridgehead atoms. The van der Waals surface area contributed by atoms with Crippen molar-refractivity contribution in [3.8, 4) is 11.1 Å². The third-order valence-electron chi connectivity index (χ3n) is 5.26. The summed E-state index contributed by atoms with van der Waals surface area (Å²) in [5.41, 5.74) is 8.45. The summed E-state index contributed by atoms with van der Waals surface area (Å²) in [4.78, 5) is 0. The minimum Gasteiger partial charge on any atom is -0.335 e. The largest absolute Gasteiger partial charge is 0.335 e. The van der Waals surface area contributed by atoms with E-state index in [1.165, 1.54) is 44.1 Å². The molecule has 4 aromatic rings. The first-order valence-corrected chi connectivity index (χ1v) is 8.69. The molecule has 0 spiro atoms. The Labute approximate surface area is 142 Å². The van der Waals surface area contributed by atoms with E-state index in [2.05, 4.69) is 86.0 Å². The number of para-hydroxylation sites is 1. The molecule has 1 heterocycles. The smallest absolute Gasteiger partial charge is 0.0502 e. The highest BCUT2D eigenvalue weighted by atomic mass is 15.0. The van der Waals surface area contributed by atoms with Gasteiger partial charge in [-0.05, 0) is 67.6 Å². The average Bonchev–Trinajstić information content (AvgIpc) is 3.07. The highest BCUT2D eigenvalue weighted by Crippen LogP contribution is 2.42. The van der Waals surface area contributed by atoms with E-state index in [1.54, 1.807) is 0 Å². The monoisotopic (exact) mass is 311 g/mol. The first-order valence-electron chi connectivity index (χ1n) is 8.69. The van der Waals surface area contributed by atoms with Crippen molar-refractivity contribution in [2.75, 3.05) is 0 Å². The summed E-state index contributed by atoms with van der Waals surface area (Å²) >= 11 is 0. The predicted molar refractivity (Wildman–Crippen MR) is 103 cm³/mol. The second kappa shape index (κ2) is 4.51. The summed E-state index contributed by atoms with van der Waals surface area (Å²) in [6, 6.07) is 22.5. The van der Waals surface area contributed by atoms with E-state index >= 15 is 0 Å². The van der Waals surface area contributed by atoms with Gasteiger partial charge in [-0.1, -0.05) is 42.5 Å². The molecule has 1 heteroatoms. The Hall–Kier alpha value is -2.54. The highest BCUT2D eigenvalue weighted by Gasteiger charge is 2.24. The molecule has 1 aliphatic carbocycles. The molecular weight excluding hydrogens is 290 g/mol. The first kappa shape index (κ1) is 13.9. The fourth-order valence-corrected chi connectivity index (χ4v) is 4.32. The molecule has 5 rings (SSSR count). The van der Waals surface area contributed by atoms with Crippen LogP contribution in [0.5, 0.6) is 0 Å². The molecule has 0 unspecified atom stereocenters. The van der Waals surface area contributed by atoms with Gasteiger partial charge in [0.05, 0.1) is 5.52 Å². The van der Waals surface area contributed by atoms with Gasteiger partial charge in [0, 0.05) is 21.8 Å². The van der Waals surface area contributed by atoms with Crippen molar-refractivity contribution >= 4 is 21.8 Å². The van der Waals surface area contributed by atoms with Gasteiger partial charge in [0.25, 0.3) is 0 Å². The van der Waals surface area contributed by atoms with Crippen LogP contribution in [0.25, 0.3) is 32.9 Å². The standard InChI is InChI=1S/C23H21N/c1-23(2,3)24-21-11-7-6-10-18(21)20-13-16-12-15-8-4-5-9-17(15)19(16)14-22(20)24/h4-11,13-14H,12H2,1-3H3. The summed E-state index contributed by atoms with van der Waals surface area (Å²) in [6.07, 6.45) is 1.05. The van der Waals surface area contributed by atoms with Crippen LogP contribution < -0.4 is 0 Å². The molecule has 0 amide bonds. The van der Waals surface area contributed by atoms with Gasteiger partial charge in [-0.15, -0.1) is 0 Å². The van der Waals surface area contributed by atoms with E-state index in [0.717, 1.165) is 6.42 Å². The third kappa shape index (κ3) is 1.76. The summed E-state index contributed by atoms with van der Waals surface area (Å²) in [5.74, 6) is 0. The van der Waals surface area contributed by atoms with E-state index in [9.17, 15) is 0 Å². The SMILES string of the molecule is CC(C)(C)n1c2ccccc2c2cc3c(cc21)-c1ccccc1C3. The van der Waals surface area contributed by atoms with Crippen LogP contribution in [0.4, 0.5) is 0 Å². The topological polar surface area (TPSA) is 4.93 Å². The number of hydrogen-bond acceptors (Lipinski definition) is 0. The fraction of sp³-hybridized carbons (Fsp3) is 0.217. The number of hydrogen-bond donors (Lipinski definition) is 0. The number of nitrogens with zero attached hydrogens (tertiary/aromatic N) is 1. The number of benzene rings is 3. The van der Waals surface area contributed by atoms with Crippen molar-refractivity contribution in [2.24, 2.45) is 0 Å². The molecule has 0 atom stereocenters. The summed E-state index contributed by atoms with van der Waals surface area (Å²) in [6.45, 7) is 6.88. The van der Waals surface area contributed by atoms with Crippen molar-refractivity contribution in [3.05, 3.63) is 71.8 Å². The van der Waals surface area contributed by atoms with E-state index in [-0.39, 0.29) is 5.54 Å². The van der Waals surface area contributed by atoms with E-state index in [1.807, 2.05) is 0 Å². The van der Waals surface area contributed by atoms with Crippen LogP contribution in [-0.2, 0) is 12.0 Å². The lowest BCUT2D eigenvalue weighted by Crippen LogP contribution is -2.21. The lowest BCUT2D eigenvalue weighted by Gasteiger charge is -2.24. The van der Waals surface area contributed by atoms with Crippen LogP contribution in [0.2, 0.25) is 0 Å². The van der Waals surface area contributed by atoms with Gasteiger partial charge in [-0.3, -0.25) is 0 Å². The Balaban J connectivity index is 1.94. The Kier molecular flexibility index (Phi) is 2.60. The van der Waals surface area contributed by atoms with E-state index < -0.39 is 0 Å². The van der Waals surface area contributed by atoms with Gasteiger partial charge >= 0.3 is 0 Å². The highest BCUT2D eigenvalue weighted by molar-refractivity contribution is 6.10. The molecule has 118 valence electrons. The van der Waals surface area contributed by atoms with Crippen molar-refractivity contribution in [3.63, 3.8) is 0 Å². The number of rotatable bonds is 0. The maximum Gasteiger partial charge on any atom is 0.0502 e. The normalized spacial score (nSPS) is 13.5. The number of aromatic nitrogens is 1. The lowest BCUT2D eigenvalue weighted by atomic mass is 10.0. The first-order chi connectivity index (χ1) is 11.5. The minimum atomic E-state index is 0.0493. The molecular formula is C23H21N. The second-order valence-corrected chi connectivity index (χ2v) is 7.88. The third-order valence-corrected chi connectivity index (χ3v) is 5.26. The van der Waals surface area contributed by atoms with Gasteiger partial charge in [0.1, 0.15) is 0 Å². The predicted octanol–water partition coefficient (Wildman–Crippen LogP) is 6.12. The van der Waals surface area contributed by atoms with Crippen LogP contribution in [0.1, 0.15) is 31.9 Å². The van der Waals surface area contributed by atoms with Crippen LogP contribution >= 0.6 is 0 Å². The zero-order valence-corrected chi connectivity index (χ0v) is 14.4. The summed E-state index contributed by atoms with van der Waals surface area (Å²) in [7, 11) is 0. The zero-order valence-electron chi connectivity index (χ0n) is 14.4. The van der Waals surface area contributed by atoms with Crippen LogP contribution in [0.15, 0.2) is 60.7 Å². The van der Waals surface area contributed by atoms with Gasteiger partial charge in [0.2, 0.25) is 0 Å². The molecule has 0 saturated heterocycles. The molecule has 24 heavy (non-hydrogen) atoms. The van der Waals surface area contributed by atoms with Crippen molar-refractivity contribution < 1.29 is 0 Å². The molecule has 0 saturated carbocycles. The fourth-order valence-electron chi connectivity index (χ4n) is 4.32. The van der Waals surface area contributed by atoms with Crippen molar-refractivity contribution in [2.45, 2.75) is 32.7 Å².